The number of benzene rings is 1. The van der Waals surface area contributed by atoms with E-state index < -0.39 is 11.9 Å². The van der Waals surface area contributed by atoms with E-state index in [1.54, 1.807) is 6.07 Å². The molecule has 0 bridgehead atoms. The summed E-state index contributed by atoms with van der Waals surface area (Å²) in [4.78, 5) is 11.8. The van der Waals surface area contributed by atoms with Crippen LogP contribution in [-0.2, 0) is 4.74 Å². The molecule has 0 fully saturated rings. The van der Waals surface area contributed by atoms with E-state index in [2.05, 4.69) is 0 Å². The molecule has 0 aliphatic rings. The number of hydrogen-bond donors (Lipinski definition) is 0. The van der Waals surface area contributed by atoms with Gasteiger partial charge >= 0.3 is 0 Å². The first kappa shape index (κ1) is 11.9. The van der Waals surface area contributed by atoms with E-state index >= 15 is 0 Å². The number of rotatable bonds is 5. The average Bonchev–Trinajstić information content (AvgIpc) is 2.25. The van der Waals surface area contributed by atoms with Crippen molar-refractivity contribution in [2.45, 2.75) is 26.4 Å². The summed E-state index contributed by atoms with van der Waals surface area (Å²) in [7, 11) is 0. The number of halogens is 1. The van der Waals surface area contributed by atoms with Gasteiger partial charge in [-0.15, -0.1) is 0 Å². The van der Waals surface area contributed by atoms with Crippen LogP contribution in [0.3, 0.4) is 0 Å². The Bertz CT molecular complexity index is 336. The van der Waals surface area contributed by atoms with Crippen LogP contribution in [-0.4, -0.2) is 18.5 Å². The van der Waals surface area contributed by atoms with Gasteiger partial charge in [-0.3, -0.25) is 4.79 Å². The van der Waals surface area contributed by atoms with E-state index in [0.29, 0.717) is 18.6 Å². The van der Waals surface area contributed by atoms with E-state index in [1.807, 2.05) is 13.8 Å². The van der Waals surface area contributed by atoms with E-state index in [-0.39, 0.29) is 5.78 Å². The highest BCUT2D eigenvalue weighted by Gasteiger charge is 2.18. The van der Waals surface area contributed by atoms with Gasteiger partial charge in [0.15, 0.2) is 5.78 Å². The van der Waals surface area contributed by atoms with Gasteiger partial charge < -0.3 is 4.74 Å². The number of hydrogen-bond acceptors (Lipinski definition) is 2. The first-order valence-electron chi connectivity index (χ1n) is 5.10. The number of ether oxygens (including phenoxy) is 1. The molecule has 1 atom stereocenters. The Balaban J connectivity index is 2.82. The third-order valence-corrected chi connectivity index (χ3v) is 2.14. The van der Waals surface area contributed by atoms with Crippen molar-refractivity contribution in [2.75, 3.05) is 6.61 Å². The molecule has 82 valence electrons. The lowest BCUT2D eigenvalue weighted by Gasteiger charge is -2.13. The minimum atomic E-state index is -0.461. The Hall–Kier alpha value is -1.22. The Morgan fingerprint density at radius 1 is 1.47 bits per heavy atom. The predicted molar refractivity (Wildman–Crippen MR) is 56.4 cm³/mol. The third kappa shape index (κ3) is 3.13. The van der Waals surface area contributed by atoms with Crippen LogP contribution in [0.4, 0.5) is 4.39 Å². The molecule has 0 N–H and O–H groups in total. The third-order valence-electron chi connectivity index (χ3n) is 2.14. The fraction of sp³-hybridized carbons (Fsp3) is 0.417. The van der Waals surface area contributed by atoms with Gasteiger partial charge in [-0.1, -0.05) is 19.1 Å². The predicted octanol–water partition coefficient (Wildman–Crippen LogP) is 2.82. The van der Waals surface area contributed by atoms with Crippen LogP contribution >= 0.6 is 0 Å². The number of ketones is 1. The van der Waals surface area contributed by atoms with Crippen molar-refractivity contribution >= 4 is 5.78 Å². The topological polar surface area (TPSA) is 26.3 Å². The number of carbonyl (C=O) groups excluding carboxylic acids is 1. The van der Waals surface area contributed by atoms with Gasteiger partial charge in [0, 0.05) is 12.2 Å². The lowest BCUT2D eigenvalue weighted by Crippen LogP contribution is -2.23. The molecule has 0 aliphatic heterocycles. The monoisotopic (exact) mass is 210 g/mol. The Morgan fingerprint density at radius 3 is 2.73 bits per heavy atom. The van der Waals surface area contributed by atoms with Gasteiger partial charge in [0.25, 0.3) is 0 Å². The van der Waals surface area contributed by atoms with Crippen LogP contribution in [0.15, 0.2) is 24.3 Å². The maximum Gasteiger partial charge on any atom is 0.191 e. The van der Waals surface area contributed by atoms with Crippen LogP contribution < -0.4 is 0 Å². The van der Waals surface area contributed by atoms with Crippen molar-refractivity contribution < 1.29 is 13.9 Å². The summed E-state index contributed by atoms with van der Waals surface area (Å²) < 4.78 is 18.2. The van der Waals surface area contributed by atoms with Crippen LogP contribution in [0.5, 0.6) is 0 Å². The highest BCUT2D eigenvalue weighted by atomic mass is 19.1. The van der Waals surface area contributed by atoms with E-state index in [9.17, 15) is 9.18 Å². The van der Waals surface area contributed by atoms with Gasteiger partial charge in [0.05, 0.1) is 0 Å². The van der Waals surface area contributed by atoms with Crippen molar-refractivity contribution in [3.63, 3.8) is 0 Å². The highest BCUT2D eigenvalue weighted by molar-refractivity contribution is 5.99. The summed E-state index contributed by atoms with van der Waals surface area (Å²) in [6.45, 7) is 4.19. The summed E-state index contributed by atoms with van der Waals surface area (Å²) in [5, 5.41) is 0. The molecule has 1 unspecified atom stereocenters. The maximum absolute atomic E-state index is 12.9. The second kappa shape index (κ2) is 5.61. The molecule has 1 rings (SSSR count). The van der Waals surface area contributed by atoms with Gasteiger partial charge in [-0.25, -0.2) is 4.39 Å². The smallest absolute Gasteiger partial charge is 0.191 e. The largest absolute Gasteiger partial charge is 0.370 e. The zero-order chi connectivity index (χ0) is 11.3. The summed E-state index contributed by atoms with van der Waals surface area (Å²) in [6.07, 6.45) is 0.139. The molecule has 0 radical (unpaired) electrons. The van der Waals surface area contributed by atoms with Crippen molar-refractivity contribution in [2.24, 2.45) is 0 Å². The molecule has 0 saturated heterocycles. The SMILES string of the molecule is CCOC(CC)C(=O)c1cccc(F)c1. The normalized spacial score (nSPS) is 12.5. The molecule has 15 heavy (non-hydrogen) atoms. The number of Topliss-reactive ketones (excluding diaryl/α,β-unsaturated/α-hetero) is 1. The highest BCUT2D eigenvalue weighted by Crippen LogP contribution is 2.10. The fourth-order valence-electron chi connectivity index (χ4n) is 1.41. The zero-order valence-corrected chi connectivity index (χ0v) is 9.00. The summed E-state index contributed by atoms with van der Waals surface area (Å²) in [5.41, 5.74) is 0.371. The van der Waals surface area contributed by atoms with Crippen LogP contribution in [0.2, 0.25) is 0 Å². The molecule has 0 saturated carbocycles. The minimum Gasteiger partial charge on any atom is -0.370 e. The van der Waals surface area contributed by atoms with Crippen LogP contribution in [0.1, 0.15) is 30.6 Å². The van der Waals surface area contributed by atoms with Gasteiger partial charge in [0.2, 0.25) is 0 Å². The van der Waals surface area contributed by atoms with E-state index in [4.69, 9.17) is 4.74 Å². The summed E-state index contributed by atoms with van der Waals surface area (Å²) >= 11 is 0. The van der Waals surface area contributed by atoms with E-state index in [0.717, 1.165) is 0 Å². The first-order chi connectivity index (χ1) is 7.19. The molecule has 0 heterocycles. The molecular weight excluding hydrogens is 195 g/mol. The molecule has 1 aromatic rings. The second-order valence-corrected chi connectivity index (χ2v) is 3.23. The quantitative estimate of drug-likeness (QED) is 0.698. The Morgan fingerprint density at radius 2 is 2.20 bits per heavy atom. The van der Waals surface area contributed by atoms with E-state index in [1.165, 1.54) is 18.2 Å². The minimum absolute atomic E-state index is 0.154. The van der Waals surface area contributed by atoms with Gasteiger partial charge in [-0.05, 0) is 25.5 Å². The Labute approximate surface area is 89.1 Å². The molecule has 0 amide bonds. The van der Waals surface area contributed by atoms with Crippen LogP contribution in [0, 0.1) is 5.82 Å². The fourth-order valence-corrected chi connectivity index (χ4v) is 1.41. The molecule has 0 spiro atoms. The standard InChI is InChI=1S/C12H15FO2/c1-3-11(15-4-2)12(14)9-6-5-7-10(13)8-9/h5-8,11H,3-4H2,1-2H3. The van der Waals surface area contributed by atoms with Crippen molar-refractivity contribution in [1.29, 1.82) is 0 Å². The zero-order valence-electron chi connectivity index (χ0n) is 9.00. The van der Waals surface area contributed by atoms with Crippen molar-refractivity contribution in [1.82, 2.24) is 0 Å². The van der Waals surface area contributed by atoms with Crippen molar-refractivity contribution in [3.8, 4) is 0 Å². The van der Waals surface area contributed by atoms with Gasteiger partial charge in [0.1, 0.15) is 11.9 Å². The Kier molecular flexibility index (Phi) is 4.43. The maximum atomic E-state index is 12.9. The van der Waals surface area contributed by atoms with Gasteiger partial charge in [-0.2, -0.15) is 0 Å². The lowest BCUT2D eigenvalue weighted by atomic mass is 10.0. The molecule has 0 aromatic heterocycles. The first-order valence-corrected chi connectivity index (χ1v) is 5.10. The summed E-state index contributed by atoms with van der Waals surface area (Å²) in [5.74, 6) is -0.550. The second-order valence-electron chi connectivity index (χ2n) is 3.23. The van der Waals surface area contributed by atoms with Crippen molar-refractivity contribution in [3.05, 3.63) is 35.6 Å². The molecular formula is C12H15FO2. The summed E-state index contributed by atoms with van der Waals surface area (Å²) in [6, 6.07) is 5.69. The molecule has 2 nitrogen and oxygen atoms in total. The molecule has 1 aromatic carbocycles. The molecule has 3 heteroatoms. The number of carbonyl (C=O) groups is 1. The van der Waals surface area contributed by atoms with Crippen LogP contribution in [0.25, 0.3) is 0 Å². The molecule has 0 aliphatic carbocycles. The lowest BCUT2D eigenvalue weighted by molar-refractivity contribution is 0.0443. The average molecular weight is 210 g/mol.